The highest BCUT2D eigenvalue weighted by atomic mass is 28.4. The van der Waals surface area contributed by atoms with Gasteiger partial charge in [-0.25, -0.2) is 0 Å². The van der Waals surface area contributed by atoms with Crippen LogP contribution in [0.4, 0.5) is 0 Å². The molecule has 1 aromatic rings. The van der Waals surface area contributed by atoms with E-state index in [1.54, 1.807) is 5.57 Å². The van der Waals surface area contributed by atoms with Crippen LogP contribution in [0.5, 0.6) is 0 Å². The zero-order chi connectivity index (χ0) is 24.5. The summed E-state index contributed by atoms with van der Waals surface area (Å²) in [5.41, 5.74) is 2.87. The summed E-state index contributed by atoms with van der Waals surface area (Å²) in [5.74, 6) is 0.816. The van der Waals surface area contributed by atoms with Gasteiger partial charge in [-0.15, -0.1) is 0 Å². The Hall–Kier alpha value is -0.886. The van der Waals surface area contributed by atoms with Gasteiger partial charge in [-0.1, -0.05) is 51.1 Å². The number of hydrogen-bond acceptors (Lipinski definition) is 3. The summed E-state index contributed by atoms with van der Waals surface area (Å²) in [6, 6.07) is 11.0. The highest BCUT2D eigenvalue weighted by molar-refractivity contribution is 6.74. The Bertz CT molecular complexity index is 835. The van der Waals surface area contributed by atoms with Gasteiger partial charge in [-0.3, -0.25) is 0 Å². The fourth-order valence-corrected chi connectivity index (χ4v) is 7.63. The zero-order valence-corrected chi connectivity index (χ0v) is 24.8. The molecule has 0 spiro atoms. The Morgan fingerprint density at radius 1 is 0.939 bits per heavy atom. The molecule has 3 rings (SSSR count). The molecule has 2 aliphatic rings. The van der Waals surface area contributed by atoms with Crippen LogP contribution in [0.15, 0.2) is 41.7 Å². The Morgan fingerprint density at radius 2 is 1.58 bits per heavy atom. The van der Waals surface area contributed by atoms with Crippen molar-refractivity contribution in [1.82, 2.24) is 0 Å². The third-order valence-electron chi connectivity index (χ3n) is 8.06. The predicted molar refractivity (Wildman–Crippen MR) is 145 cm³/mol. The van der Waals surface area contributed by atoms with Gasteiger partial charge >= 0.3 is 0 Å². The van der Waals surface area contributed by atoms with E-state index in [1.165, 1.54) is 30.6 Å². The van der Waals surface area contributed by atoms with E-state index in [0.29, 0.717) is 0 Å². The second-order valence-electron chi connectivity index (χ2n) is 12.7. The van der Waals surface area contributed by atoms with Crippen molar-refractivity contribution in [2.45, 2.75) is 121 Å². The lowest BCUT2D eigenvalue weighted by molar-refractivity contribution is -0.109. The number of rotatable bonds is 10. The van der Waals surface area contributed by atoms with Crippen molar-refractivity contribution in [2.75, 3.05) is 7.11 Å². The van der Waals surface area contributed by atoms with Gasteiger partial charge in [0.25, 0.3) is 0 Å². The number of ether oxygens (including phenoxy) is 1. The fraction of sp³-hybridized carbons (Fsp3) is 0.714. The van der Waals surface area contributed by atoms with Crippen LogP contribution in [0.1, 0.15) is 77.7 Å². The first kappa shape index (κ1) is 26.7. The third kappa shape index (κ3) is 5.85. The van der Waals surface area contributed by atoms with E-state index in [0.717, 1.165) is 32.1 Å². The van der Waals surface area contributed by atoms with Gasteiger partial charge in [0.2, 0.25) is 8.32 Å². The van der Waals surface area contributed by atoms with Gasteiger partial charge < -0.3 is 13.6 Å². The molecule has 2 atom stereocenters. The van der Waals surface area contributed by atoms with Crippen LogP contribution < -0.4 is 0 Å². The Kier molecular flexibility index (Phi) is 7.80. The summed E-state index contributed by atoms with van der Waals surface area (Å²) in [7, 11) is -1.70. The van der Waals surface area contributed by atoms with Crippen LogP contribution in [0.25, 0.3) is 0 Å². The summed E-state index contributed by atoms with van der Waals surface area (Å²) >= 11 is 0. The van der Waals surface area contributed by atoms with Gasteiger partial charge in [0.1, 0.15) is 0 Å². The monoisotopic (exact) mass is 488 g/mol. The molecule has 0 bridgehead atoms. The third-order valence-corrected chi connectivity index (χ3v) is 13.4. The molecule has 5 heteroatoms. The molecule has 0 radical (unpaired) electrons. The van der Waals surface area contributed by atoms with E-state index < -0.39 is 22.4 Å². The van der Waals surface area contributed by atoms with Crippen molar-refractivity contribution in [1.29, 1.82) is 0 Å². The van der Waals surface area contributed by atoms with Crippen LogP contribution in [0.3, 0.4) is 0 Å². The average molecular weight is 489 g/mol. The van der Waals surface area contributed by atoms with E-state index >= 15 is 0 Å². The molecule has 1 aromatic carbocycles. The van der Waals surface area contributed by atoms with Gasteiger partial charge in [0.15, 0.2) is 14.1 Å². The molecule has 0 heterocycles. The largest absolute Gasteiger partial charge is 0.547 e. The Labute approximate surface area is 205 Å². The van der Waals surface area contributed by atoms with Gasteiger partial charge in [-0.05, 0) is 87.4 Å². The first-order valence-electron chi connectivity index (χ1n) is 13.0. The van der Waals surface area contributed by atoms with Gasteiger partial charge in [0.05, 0.1) is 11.2 Å². The average Bonchev–Trinajstić information content (AvgIpc) is 3.35. The molecule has 1 fully saturated rings. The minimum absolute atomic E-state index is 0.0619. The normalized spacial score (nSPS) is 26.5. The van der Waals surface area contributed by atoms with Crippen molar-refractivity contribution in [3.63, 3.8) is 0 Å². The van der Waals surface area contributed by atoms with Crippen LogP contribution in [0, 0.1) is 0 Å². The van der Waals surface area contributed by atoms with E-state index in [2.05, 4.69) is 83.8 Å². The molecule has 0 aliphatic heterocycles. The van der Waals surface area contributed by atoms with Crippen molar-refractivity contribution in [3.05, 3.63) is 47.2 Å². The molecule has 186 valence electrons. The first-order chi connectivity index (χ1) is 15.3. The molecule has 2 unspecified atom stereocenters. The smallest absolute Gasteiger partial charge is 0.241 e. The molecular weight excluding hydrogens is 440 g/mol. The minimum atomic E-state index is -1.98. The maximum Gasteiger partial charge on any atom is 0.241 e. The van der Waals surface area contributed by atoms with E-state index in [4.69, 9.17) is 13.6 Å². The molecule has 33 heavy (non-hydrogen) atoms. The molecule has 0 amide bonds. The number of benzene rings is 1. The summed E-state index contributed by atoms with van der Waals surface area (Å²) in [5, 5.41) is 0.152. The topological polar surface area (TPSA) is 27.7 Å². The predicted octanol–water partition coefficient (Wildman–Crippen LogP) is 8.54. The molecule has 0 saturated heterocycles. The van der Waals surface area contributed by atoms with Crippen LogP contribution in [-0.4, -0.2) is 29.5 Å². The lowest BCUT2D eigenvalue weighted by atomic mass is 9.86. The lowest BCUT2D eigenvalue weighted by Crippen LogP contribution is -2.47. The van der Waals surface area contributed by atoms with E-state index in [-0.39, 0.29) is 10.5 Å². The summed E-state index contributed by atoms with van der Waals surface area (Å²) in [4.78, 5) is 0. The van der Waals surface area contributed by atoms with E-state index in [1.807, 2.05) is 7.11 Å². The molecule has 0 N–H and O–H groups in total. The highest BCUT2D eigenvalue weighted by Crippen LogP contribution is 2.65. The Morgan fingerprint density at radius 3 is 2.15 bits per heavy atom. The quantitative estimate of drug-likeness (QED) is 0.244. The summed E-state index contributed by atoms with van der Waals surface area (Å²) in [6.07, 6.45) is 9.21. The second kappa shape index (κ2) is 9.64. The molecular formula is C28H48O3Si2. The fourth-order valence-electron chi connectivity index (χ4n) is 5.16. The SMILES string of the molecule is COC1(O[Si](C)(C)C(C)(C)C)CC1(CCCC1=C(O[Si](C)(C)C)CCCC1)c1ccccc1. The van der Waals surface area contributed by atoms with Crippen molar-refractivity contribution < 1.29 is 13.6 Å². The number of methoxy groups -OCH3 is 1. The second-order valence-corrected chi connectivity index (χ2v) is 21.9. The standard InChI is InChI=1S/C28H48O3Si2/c1-26(2,3)33(8,9)31-28(29-4)22-27(28,24-18-11-10-12-19-24)21-15-17-23-16-13-14-20-25(23)30-32(5,6)7/h10-12,18-19H,13-17,20-22H2,1-9H3. The van der Waals surface area contributed by atoms with Gasteiger partial charge in [-0.2, -0.15) is 0 Å². The molecule has 3 nitrogen and oxygen atoms in total. The molecule has 2 aliphatic carbocycles. The van der Waals surface area contributed by atoms with E-state index in [9.17, 15) is 0 Å². The lowest BCUT2D eigenvalue weighted by Gasteiger charge is -2.41. The van der Waals surface area contributed by atoms with Crippen molar-refractivity contribution in [3.8, 4) is 0 Å². The van der Waals surface area contributed by atoms with Crippen molar-refractivity contribution in [2.24, 2.45) is 0 Å². The van der Waals surface area contributed by atoms with Crippen LogP contribution in [0.2, 0.25) is 37.8 Å². The van der Waals surface area contributed by atoms with Crippen LogP contribution >= 0.6 is 0 Å². The Balaban J connectivity index is 1.82. The molecule has 0 aromatic heterocycles. The molecule has 1 saturated carbocycles. The highest BCUT2D eigenvalue weighted by Gasteiger charge is 2.72. The maximum absolute atomic E-state index is 7.04. The first-order valence-corrected chi connectivity index (χ1v) is 19.3. The van der Waals surface area contributed by atoms with Gasteiger partial charge in [0, 0.05) is 20.0 Å². The summed E-state index contributed by atoms with van der Waals surface area (Å²) < 4.78 is 19.8. The van der Waals surface area contributed by atoms with Crippen molar-refractivity contribution >= 4 is 16.6 Å². The maximum atomic E-state index is 7.04. The number of allylic oxidation sites excluding steroid dienone is 2. The minimum Gasteiger partial charge on any atom is -0.547 e. The number of hydrogen-bond donors (Lipinski definition) is 0. The summed E-state index contributed by atoms with van der Waals surface area (Å²) in [6.45, 7) is 18.5. The zero-order valence-electron chi connectivity index (χ0n) is 22.8. The van der Waals surface area contributed by atoms with Crippen LogP contribution in [-0.2, 0) is 19.0 Å².